The highest BCUT2D eigenvalue weighted by atomic mass is 16.1. The van der Waals surface area contributed by atoms with Crippen molar-refractivity contribution in [1.82, 2.24) is 10.3 Å². The Morgan fingerprint density at radius 3 is 2.48 bits per heavy atom. The predicted molar refractivity (Wildman–Crippen MR) is 107 cm³/mol. The summed E-state index contributed by atoms with van der Waals surface area (Å²) < 4.78 is 0. The van der Waals surface area contributed by atoms with E-state index in [1.165, 1.54) is 24.0 Å². The summed E-state index contributed by atoms with van der Waals surface area (Å²) in [6.45, 7) is 0. The molecule has 1 atom stereocenters. The third kappa shape index (κ3) is 4.25. The van der Waals surface area contributed by atoms with Gasteiger partial charge < -0.3 is 5.32 Å². The van der Waals surface area contributed by atoms with Gasteiger partial charge in [0, 0.05) is 6.20 Å². The van der Waals surface area contributed by atoms with Crippen LogP contribution in [-0.2, 0) is 24.1 Å². The second kappa shape index (κ2) is 8.17. The van der Waals surface area contributed by atoms with Gasteiger partial charge in [0.25, 0.3) is 0 Å². The van der Waals surface area contributed by atoms with Gasteiger partial charge in [-0.3, -0.25) is 9.78 Å². The third-order valence-corrected chi connectivity index (χ3v) is 5.20. The first kappa shape index (κ1) is 17.5. The molecule has 1 aromatic heterocycles. The molecule has 1 N–H and O–H groups in total. The van der Waals surface area contributed by atoms with Gasteiger partial charge in [0.05, 0.1) is 18.2 Å². The van der Waals surface area contributed by atoms with Crippen molar-refractivity contribution in [1.29, 1.82) is 0 Å². The Kier molecular flexibility index (Phi) is 5.29. The highest BCUT2D eigenvalue weighted by Crippen LogP contribution is 2.23. The lowest BCUT2D eigenvalue weighted by atomic mass is 9.90. The molecule has 0 radical (unpaired) electrons. The van der Waals surface area contributed by atoms with Crippen molar-refractivity contribution in [2.45, 2.75) is 38.1 Å². The molecular weight excluding hydrogens is 332 g/mol. The van der Waals surface area contributed by atoms with Crippen LogP contribution >= 0.6 is 0 Å². The number of fused-ring (bicyclic) bond motifs is 1. The van der Waals surface area contributed by atoms with E-state index in [1.807, 2.05) is 48.5 Å². The Bertz CT molecular complexity index is 867. The number of rotatable bonds is 5. The van der Waals surface area contributed by atoms with Crippen LogP contribution < -0.4 is 5.32 Å². The van der Waals surface area contributed by atoms with Gasteiger partial charge in [-0.15, -0.1) is 0 Å². The maximum atomic E-state index is 12.8. The molecule has 1 aliphatic rings. The first-order chi connectivity index (χ1) is 13.3. The molecule has 1 amide bonds. The molecule has 3 nitrogen and oxygen atoms in total. The van der Waals surface area contributed by atoms with Crippen LogP contribution in [0, 0.1) is 0 Å². The number of carbonyl (C=O) groups is 1. The minimum Gasteiger partial charge on any atom is -0.343 e. The molecule has 2 aromatic carbocycles. The lowest BCUT2D eigenvalue weighted by Gasteiger charge is -2.20. The zero-order valence-corrected chi connectivity index (χ0v) is 15.4. The normalized spacial score (nSPS) is 14.2. The summed E-state index contributed by atoms with van der Waals surface area (Å²) in [7, 11) is 0. The molecule has 4 rings (SSSR count). The number of nitrogens with one attached hydrogen (secondary N) is 1. The maximum absolute atomic E-state index is 12.8. The Morgan fingerprint density at radius 2 is 1.70 bits per heavy atom. The van der Waals surface area contributed by atoms with Gasteiger partial charge in [-0.1, -0.05) is 54.6 Å². The monoisotopic (exact) mass is 356 g/mol. The fraction of sp³-hybridized carbons (Fsp3) is 0.250. The summed E-state index contributed by atoms with van der Waals surface area (Å²) in [5.74, 6) is 0.0188. The van der Waals surface area contributed by atoms with Crippen molar-refractivity contribution in [3.63, 3.8) is 0 Å². The molecule has 0 saturated heterocycles. The second-order valence-electron chi connectivity index (χ2n) is 7.15. The number of aromatic nitrogens is 1. The highest BCUT2D eigenvalue weighted by molar-refractivity contribution is 5.79. The number of benzene rings is 2. The average molecular weight is 356 g/mol. The number of hydrogen-bond donors (Lipinski definition) is 1. The van der Waals surface area contributed by atoms with Crippen molar-refractivity contribution in [2.24, 2.45) is 0 Å². The van der Waals surface area contributed by atoms with Crippen LogP contribution in [0.1, 0.15) is 46.8 Å². The molecular formula is C24H24N2O. The topological polar surface area (TPSA) is 42.0 Å². The maximum Gasteiger partial charge on any atom is 0.225 e. The Hall–Kier alpha value is -2.94. The van der Waals surface area contributed by atoms with Crippen LogP contribution in [0.4, 0.5) is 0 Å². The smallest absolute Gasteiger partial charge is 0.225 e. The third-order valence-electron chi connectivity index (χ3n) is 5.20. The molecule has 27 heavy (non-hydrogen) atoms. The summed E-state index contributed by atoms with van der Waals surface area (Å²) in [6, 6.07) is 22.1. The fourth-order valence-electron chi connectivity index (χ4n) is 3.81. The van der Waals surface area contributed by atoms with Crippen LogP contribution in [0.3, 0.4) is 0 Å². The largest absolute Gasteiger partial charge is 0.343 e. The number of amides is 1. The number of hydrogen-bond acceptors (Lipinski definition) is 2. The molecule has 0 spiro atoms. The number of aryl methyl sites for hydroxylation is 2. The van der Waals surface area contributed by atoms with Gasteiger partial charge in [-0.2, -0.15) is 0 Å². The lowest BCUT2D eigenvalue weighted by Crippen LogP contribution is -2.31. The first-order valence-corrected chi connectivity index (χ1v) is 9.65. The van der Waals surface area contributed by atoms with Crippen molar-refractivity contribution >= 4 is 5.91 Å². The predicted octanol–water partition coefficient (Wildman–Crippen LogP) is 4.41. The highest BCUT2D eigenvalue weighted by Gasteiger charge is 2.18. The van der Waals surface area contributed by atoms with Gasteiger partial charge in [-0.05, 0) is 60.1 Å². The molecule has 3 aromatic rings. The van der Waals surface area contributed by atoms with Crippen LogP contribution in [0.15, 0.2) is 72.9 Å². The van der Waals surface area contributed by atoms with Crippen LogP contribution in [-0.4, -0.2) is 10.9 Å². The van der Waals surface area contributed by atoms with Gasteiger partial charge >= 0.3 is 0 Å². The summed E-state index contributed by atoms with van der Waals surface area (Å²) in [6.07, 6.45) is 6.97. The molecule has 0 aliphatic heterocycles. The summed E-state index contributed by atoms with van der Waals surface area (Å²) in [5, 5.41) is 3.18. The van der Waals surface area contributed by atoms with Gasteiger partial charge in [0.15, 0.2) is 0 Å². The molecule has 1 heterocycles. The standard InChI is InChI=1S/C24H24N2O/c27-23(17-18-13-14-19-8-4-5-11-21(19)16-18)26-24(20-9-2-1-3-10-20)22-12-6-7-15-25-22/h1-3,6-7,9-10,12-16,24H,4-5,8,11,17H2,(H,26,27). The van der Waals surface area contributed by atoms with Gasteiger partial charge in [-0.25, -0.2) is 0 Å². The van der Waals surface area contributed by atoms with E-state index in [9.17, 15) is 4.79 Å². The van der Waals surface area contributed by atoms with E-state index in [-0.39, 0.29) is 11.9 Å². The van der Waals surface area contributed by atoms with Crippen LogP contribution in [0.25, 0.3) is 0 Å². The quantitative estimate of drug-likeness (QED) is 0.736. The fourth-order valence-corrected chi connectivity index (χ4v) is 3.81. The molecule has 1 aliphatic carbocycles. The van der Waals surface area contributed by atoms with E-state index in [1.54, 1.807) is 6.20 Å². The minimum atomic E-state index is -0.238. The molecule has 136 valence electrons. The summed E-state index contributed by atoms with van der Waals surface area (Å²) in [4.78, 5) is 17.3. The van der Waals surface area contributed by atoms with Crippen LogP contribution in [0.2, 0.25) is 0 Å². The molecule has 0 bridgehead atoms. The number of nitrogens with zero attached hydrogens (tertiary/aromatic N) is 1. The molecule has 1 unspecified atom stereocenters. The van der Waals surface area contributed by atoms with E-state index in [0.717, 1.165) is 29.7 Å². The first-order valence-electron chi connectivity index (χ1n) is 9.65. The Labute approximate surface area is 160 Å². The van der Waals surface area contributed by atoms with Crippen molar-refractivity contribution in [2.75, 3.05) is 0 Å². The number of pyridine rings is 1. The zero-order chi connectivity index (χ0) is 18.5. The Balaban J connectivity index is 1.52. The summed E-state index contributed by atoms with van der Waals surface area (Å²) in [5.41, 5.74) is 5.83. The average Bonchev–Trinajstić information content (AvgIpc) is 2.73. The minimum absolute atomic E-state index is 0.0188. The van der Waals surface area contributed by atoms with E-state index in [4.69, 9.17) is 0 Å². The van der Waals surface area contributed by atoms with Gasteiger partial charge in [0.2, 0.25) is 5.91 Å². The van der Waals surface area contributed by atoms with E-state index in [0.29, 0.717) is 6.42 Å². The van der Waals surface area contributed by atoms with Crippen molar-refractivity contribution < 1.29 is 4.79 Å². The second-order valence-corrected chi connectivity index (χ2v) is 7.15. The van der Waals surface area contributed by atoms with Crippen molar-refractivity contribution in [3.8, 4) is 0 Å². The van der Waals surface area contributed by atoms with E-state index in [2.05, 4.69) is 28.5 Å². The lowest BCUT2D eigenvalue weighted by molar-refractivity contribution is -0.121. The summed E-state index contributed by atoms with van der Waals surface area (Å²) >= 11 is 0. The van der Waals surface area contributed by atoms with E-state index < -0.39 is 0 Å². The van der Waals surface area contributed by atoms with E-state index >= 15 is 0 Å². The number of carbonyl (C=O) groups excluding carboxylic acids is 1. The molecule has 3 heteroatoms. The Morgan fingerprint density at radius 1 is 0.926 bits per heavy atom. The van der Waals surface area contributed by atoms with Crippen LogP contribution in [0.5, 0.6) is 0 Å². The van der Waals surface area contributed by atoms with Crippen molar-refractivity contribution in [3.05, 3.63) is 101 Å². The zero-order valence-electron chi connectivity index (χ0n) is 15.4. The molecule has 0 saturated carbocycles. The van der Waals surface area contributed by atoms with Gasteiger partial charge in [0.1, 0.15) is 0 Å². The SMILES string of the molecule is O=C(Cc1ccc2c(c1)CCCC2)NC(c1ccccc1)c1ccccn1. The molecule has 0 fully saturated rings.